The van der Waals surface area contributed by atoms with Gasteiger partial charge >= 0.3 is 0 Å². The van der Waals surface area contributed by atoms with Crippen molar-refractivity contribution >= 4 is 5.91 Å². The molecular weight excluding hydrogens is 200 g/mol. The molecular formula is C13H24N2O. The molecule has 92 valence electrons. The molecule has 0 radical (unpaired) electrons. The topological polar surface area (TPSA) is 32.3 Å². The number of rotatable bonds is 2. The van der Waals surface area contributed by atoms with Crippen molar-refractivity contribution in [3.8, 4) is 0 Å². The predicted molar refractivity (Wildman–Crippen MR) is 65.3 cm³/mol. The average molecular weight is 224 g/mol. The minimum atomic E-state index is 0.394. The van der Waals surface area contributed by atoms with Gasteiger partial charge < -0.3 is 10.2 Å². The number of carbonyl (C=O) groups is 1. The molecule has 1 amide bonds. The lowest BCUT2D eigenvalue weighted by molar-refractivity contribution is -0.132. The zero-order valence-electron chi connectivity index (χ0n) is 10.2. The zero-order valence-corrected chi connectivity index (χ0v) is 10.2. The van der Waals surface area contributed by atoms with E-state index in [0.29, 0.717) is 11.8 Å². The summed E-state index contributed by atoms with van der Waals surface area (Å²) in [7, 11) is 0. The molecule has 2 heterocycles. The van der Waals surface area contributed by atoms with Crippen LogP contribution >= 0.6 is 0 Å². The standard InChI is InChI=1S/C13H24N2O/c16-13-7-3-1-2-4-9-15(13)11-12-6-5-8-14-10-12/h12,14H,1-11H2. The van der Waals surface area contributed by atoms with Gasteiger partial charge in [-0.3, -0.25) is 4.79 Å². The van der Waals surface area contributed by atoms with Crippen molar-refractivity contribution in [1.29, 1.82) is 0 Å². The molecule has 2 rings (SSSR count). The quantitative estimate of drug-likeness (QED) is 0.775. The number of hydrogen-bond donors (Lipinski definition) is 1. The van der Waals surface area contributed by atoms with E-state index in [1.54, 1.807) is 0 Å². The Morgan fingerprint density at radius 2 is 2.06 bits per heavy atom. The Morgan fingerprint density at radius 1 is 1.19 bits per heavy atom. The maximum atomic E-state index is 11.9. The minimum absolute atomic E-state index is 0.394. The predicted octanol–water partition coefficient (Wildman–Crippen LogP) is 1.78. The molecule has 1 unspecified atom stereocenters. The van der Waals surface area contributed by atoms with Crippen LogP contribution in [-0.4, -0.2) is 37.0 Å². The van der Waals surface area contributed by atoms with Crippen LogP contribution in [0.4, 0.5) is 0 Å². The number of nitrogens with one attached hydrogen (secondary N) is 1. The first-order valence-electron chi connectivity index (χ1n) is 6.85. The first-order valence-corrected chi connectivity index (χ1v) is 6.85. The third kappa shape index (κ3) is 3.48. The summed E-state index contributed by atoms with van der Waals surface area (Å²) in [6.45, 7) is 4.25. The molecule has 0 aliphatic carbocycles. The van der Waals surface area contributed by atoms with E-state index in [-0.39, 0.29) is 0 Å². The zero-order chi connectivity index (χ0) is 11.2. The van der Waals surface area contributed by atoms with Crippen LogP contribution in [0.2, 0.25) is 0 Å². The van der Waals surface area contributed by atoms with E-state index in [1.165, 1.54) is 32.1 Å². The number of piperidine rings is 1. The lowest BCUT2D eigenvalue weighted by Gasteiger charge is -2.31. The summed E-state index contributed by atoms with van der Waals surface area (Å²) in [5.41, 5.74) is 0. The van der Waals surface area contributed by atoms with Crippen molar-refractivity contribution in [1.82, 2.24) is 10.2 Å². The Kier molecular flexibility index (Phi) is 4.64. The van der Waals surface area contributed by atoms with Crippen LogP contribution in [0.25, 0.3) is 0 Å². The smallest absolute Gasteiger partial charge is 0.222 e. The van der Waals surface area contributed by atoms with E-state index in [9.17, 15) is 4.79 Å². The van der Waals surface area contributed by atoms with Crippen molar-refractivity contribution in [3.05, 3.63) is 0 Å². The summed E-state index contributed by atoms with van der Waals surface area (Å²) >= 11 is 0. The van der Waals surface area contributed by atoms with E-state index < -0.39 is 0 Å². The van der Waals surface area contributed by atoms with Crippen LogP contribution in [0.1, 0.15) is 44.9 Å². The number of likely N-dealkylation sites (tertiary alicyclic amines) is 1. The Bertz CT molecular complexity index is 224. The lowest BCUT2D eigenvalue weighted by Crippen LogP contribution is -2.41. The SMILES string of the molecule is O=C1CCCCCCN1CC1CCCNC1. The molecule has 2 fully saturated rings. The number of carbonyl (C=O) groups excluding carboxylic acids is 1. The second kappa shape index (κ2) is 6.24. The third-order valence-electron chi connectivity index (χ3n) is 3.80. The normalized spacial score (nSPS) is 28.6. The van der Waals surface area contributed by atoms with Crippen LogP contribution in [0.3, 0.4) is 0 Å². The first-order chi connectivity index (χ1) is 7.86. The molecule has 0 aromatic carbocycles. The van der Waals surface area contributed by atoms with Gasteiger partial charge in [-0.2, -0.15) is 0 Å². The van der Waals surface area contributed by atoms with Crippen LogP contribution < -0.4 is 5.32 Å². The molecule has 16 heavy (non-hydrogen) atoms. The van der Waals surface area contributed by atoms with Crippen molar-refractivity contribution in [3.63, 3.8) is 0 Å². The highest BCUT2D eigenvalue weighted by atomic mass is 16.2. The van der Waals surface area contributed by atoms with E-state index in [2.05, 4.69) is 10.2 Å². The fraction of sp³-hybridized carbons (Fsp3) is 0.923. The number of nitrogens with zero attached hydrogens (tertiary/aromatic N) is 1. The Labute approximate surface area is 98.6 Å². The minimum Gasteiger partial charge on any atom is -0.342 e. The second-order valence-electron chi connectivity index (χ2n) is 5.22. The van der Waals surface area contributed by atoms with Crippen molar-refractivity contribution in [2.45, 2.75) is 44.9 Å². The molecule has 2 aliphatic rings. The molecule has 0 aromatic heterocycles. The van der Waals surface area contributed by atoms with Gasteiger partial charge in [0.25, 0.3) is 0 Å². The molecule has 2 aliphatic heterocycles. The Balaban J connectivity index is 1.82. The summed E-state index contributed by atoms with van der Waals surface area (Å²) in [4.78, 5) is 14.1. The summed E-state index contributed by atoms with van der Waals surface area (Å²) < 4.78 is 0. The van der Waals surface area contributed by atoms with Gasteiger partial charge in [-0.1, -0.05) is 12.8 Å². The molecule has 0 bridgehead atoms. The number of hydrogen-bond acceptors (Lipinski definition) is 2. The molecule has 0 aromatic rings. The summed E-state index contributed by atoms with van der Waals surface area (Å²) in [6, 6.07) is 0. The van der Waals surface area contributed by atoms with Gasteiger partial charge in [0.15, 0.2) is 0 Å². The lowest BCUT2D eigenvalue weighted by atomic mass is 9.98. The maximum absolute atomic E-state index is 11.9. The largest absolute Gasteiger partial charge is 0.342 e. The van der Waals surface area contributed by atoms with E-state index in [1.807, 2.05) is 0 Å². The summed E-state index contributed by atoms with van der Waals surface area (Å²) in [6.07, 6.45) is 8.17. The van der Waals surface area contributed by atoms with E-state index in [4.69, 9.17) is 0 Å². The van der Waals surface area contributed by atoms with E-state index in [0.717, 1.165) is 39.0 Å². The van der Waals surface area contributed by atoms with Gasteiger partial charge in [0.2, 0.25) is 5.91 Å². The van der Waals surface area contributed by atoms with Crippen LogP contribution in [0.15, 0.2) is 0 Å². The van der Waals surface area contributed by atoms with Gasteiger partial charge in [-0.25, -0.2) is 0 Å². The molecule has 0 spiro atoms. The Morgan fingerprint density at radius 3 is 2.88 bits per heavy atom. The highest BCUT2D eigenvalue weighted by Gasteiger charge is 2.21. The molecule has 0 saturated carbocycles. The third-order valence-corrected chi connectivity index (χ3v) is 3.80. The Hall–Kier alpha value is -0.570. The summed E-state index contributed by atoms with van der Waals surface area (Å²) in [5, 5.41) is 3.43. The van der Waals surface area contributed by atoms with Crippen molar-refractivity contribution in [2.24, 2.45) is 5.92 Å². The van der Waals surface area contributed by atoms with Crippen LogP contribution in [0.5, 0.6) is 0 Å². The summed E-state index contributed by atoms with van der Waals surface area (Å²) in [5.74, 6) is 1.09. The molecule has 1 N–H and O–H groups in total. The van der Waals surface area contributed by atoms with Gasteiger partial charge in [0.1, 0.15) is 0 Å². The van der Waals surface area contributed by atoms with Crippen molar-refractivity contribution < 1.29 is 4.79 Å². The van der Waals surface area contributed by atoms with Gasteiger partial charge in [0.05, 0.1) is 0 Å². The van der Waals surface area contributed by atoms with Gasteiger partial charge in [-0.05, 0) is 44.7 Å². The average Bonchev–Trinajstić information content (AvgIpc) is 2.30. The highest BCUT2D eigenvalue weighted by molar-refractivity contribution is 5.76. The van der Waals surface area contributed by atoms with E-state index >= 15 is 0 Å². The fourth-order valence-corrected chi connectivity index (χ4v) is 2.80. The highest BCUT2D eigenvalue weighted by Crippen LogP contribution is 2.16. The van der Waals surface area contributed by atoms with Crippen LogP contribution in [-0.2, 0) is 4.79 Å². The number of amides is 1. The monoisotopic (exact) mass is 224 g/mol. The molecule has 3 heteroatoms. The van der Waals surface area contributed by atoms with Gasteiger partial charge in [-0.15, -0.1) is 0 Å². The second-order valence-corrected chi connectivity index (χ2v) is 5.22. The molecule has 1 atom stereocenters. The first kappa shape index (κ1) is 11.9. The van der Waals surface area contributed by atoms with Crippen molar-refractivity contribution in [2.75, 3.05) is 26.2 Å². The van der Waals surface area contributed by atoms with Crippen LogP contribution in [0, 0.1) is 5.92 Å². The molecule has 3 nitrogen and oxygen atoms in total. The fourth-order valence-electron chi connectivity index (χ4n) is 2.80. The maximum Gasteiger partial charge on any atom is 0.222 e. The van der Waals surface area contributed by atoms with Gasteiger partial charge in [0, 0.05) is 19.5 Å². The molecule has 2 saturated heterocycles.